The second-order valence-corrected chi connectivity index (χ2v) is 7.31. The van der Waals surface area contributed by atoms with Gasteiger partial charge in [0.05, 0.1) is 24.4 Å². The molecule has 1 aliphatic heterocycles. The predicted octanol–water partition coefficient (Wildman–Crippen LogP) is 3.58. The number of carbonyl (C=O) groups is 1. The van der Waals surface area contributed by atoms with Crippen molar-refractivity contribution in [1.29, 1.82) is 0 Å². The molecule has 0 unspecified atom stereocenters. The number of rotatable bonds is 11. The number of benzene rings is 1. The van der Waals surface area contributed by atoms with Gasteiger partial charge in [0.2, 0.25) is 0 Å². The molecule has 0 aliphatic carbocycles. The number of alkyl halides is 3. The lowest BCUT2D eigenvalue weighted by Gasteiger charge is -2.16. The number of unbranched alkanes of at least 4 members (excludes halogenated alkanes) is 1. The van der Waals surface area contributed by atoms with E-state index in [0.717, 1.165) is 12.1 Å². The quantitative estimate of drug-likeness (QED) is 0.357. The van der Waals surface area contributed by atoms with Gasteiger partial charge in [-0.2, -0.15) is 13.2 Å². The van der Waals surface area contributed by atoms with Gasteiger partial charge in [0.1, 0.15) is 18.5 Å². The Morgan fingerprint density at radius 1 is 1.32 bits per heavy atom. The van der Waals surface area contributed by atoms with E-state index >= 15 is 0 Å². The Kier molecular flexibility index (Phi) is 9.54. The second kappa shape index (κ2) is 11.9. The third-order valence-corrected chi connectivity index (χ3v) is 4.82. The van der Waals surface area contributed by atoms with Crippen LogP contribution in [-0.2, 0) is 15.7 Å². The highest BCUT2D eigenvalue weighted by Gasteiger charge is 2.33. The largest absolute Gasteiger partial charge is 0.491 e. The van der Waals surface area contributed by atoms with Gasteiger partial charge in [-0.3, -0.25) is 4.79 Å². The molecule has 9 heteroatoms. The summed E-state index contributed by atoms with van der Waals surface area (Å²) in [5.41, 5.74) is -0.831. The molecule has 1 aliphatic rings. The van der Waals surface area contributed by atoms with Crippen LogP contribution in [0.15, 0.2) is 48.6 Å². The molecule has 3 N–H and O–H groups in total. The molecule has 0 aromatic heterocycles. The van der Waals surface area contributed by atoms with Crippen LogP contribution < -0.4 is 4.74 Å². The van der Waals surface area contributed by atoms with Gasteiger partial charge in [-0.15, -0.1) is 0 Å². The maximum atomic E-state index is 12.7. The molecular formula is C22H27F3O6. The Bertz CT molecular complexity index is 762. The fraction of sp³-hybridized carbons (Fsp3) is 0.500. The monoisotopic (exact) mass is 444 g/mol. The van der Waals surface area contributed by atoms with Crippen molar-refractivity contribution in [2.75, 3.05) is 13.2 Å². The van der Waals surface area contributed by atoms with E-state index in [2.05, 4.69) is 0 Å². The summed E-state index contributed by atoms with van der Waals surface area (Å²) in [4.78, 5) is 10.5. The Hall–Kier alpha value is -2.36. The Morgan fingerprint density at radius 3 is 2.81 bits per heavy atom. The van der Waals surface area contributed by atoms with Crippen molar-refractivity contribution in [3.05, 3.63) is 54.1 Å². The van der Waals surface area contributed by atoms with Gasteiger partial charge in [0.15, 0.2) is 0 Å². The van der Waals surface area contributed by atoms with Gasteiger partial charge in [-0.1, -0.05) is 30.4 Å². The summed E-state index contributed by atoms with van der Waals surface area (Å²) in [6, 6.07) is 4.41. The summed E-state index contributed by atoms with van der Waals surface area (Å²) in [7, 11) is 0. The van der Waals surface area contributed by atoms with Gasteiger partial charge in [0.25, 0.3) is 0 Å². The minimum Gasteiger partial charge on any atom is -0.491 e. The first kappa shape index (κ1) is 24.9. The van der Waals surface area contributed by atoms with E-state index in [4.69, 9.17) is 14.6 Å². The minimum absolute atomic E-state index is 0.000672. The molecule has 1 heterocycles. The molecule has 0 bridgehead atoms. The first-order valence-electron chi connectivity index (χ1n) is 9.99. The predicted molar refractivity (Wildman–Crippen MR) is 107 cm³/mol. The van der Waals surface area contributed by atoms with Crippen LogP contribution in [-0.4, -0.2) is 52.8 Å². The van der Waals surface area contributed by atoms with Crippen LogP contribution in [0.2, 0.25) is 0 Å². The number of aliphatic carboxylic acids is 1. The zero-order valence-corrected chi connectivity index (χ0v) is 16.9. The van der Waals surface area contributed by atoms with Crippen molar-refractivity contribution in [2.24, 2.45) is 5.92 Å². The van der Waals surface area contributed by atoms with Crippen molar-refractivity contribution in [3.63, 3.8) is 0 Å². The lowest BCUT2D eigenvalue weighted by Crippen LogP contribution is -2.23. The number of carboxylic acids is 1. The van der Waals surface area contributed by atoms with Crippen LogP contribution in [0.25, 0.3) is 0 Å². The molecule has 0 radical (unpaired) electrons. The molecule has 4 atom stereocenters. The number of carboxylic acid groups (broad SMARTS) is 1. The summed E-state index contributed by atoms with van der Waals surface area (Å²) in [6.07, 6.45) is 1.94. The Morgan fingerprint density at radius 2 is 2.10 bits per heavy atom. The van der Waals surface area contributed by atoms with E-state index in [1.165, 1.54) is 18.2 Å². The minimum atomic E-state index is -4.47. The van der Waals surface area contributed by atoms with Crippen LogP contribution in [0, 0.1) is 5.92 Å². The normalized spacial score (nSPS) is 22.9. The molecule has 1 aromatic carbocycles. The van der Waals surface area contributed by atoms with E-state index < -0.39 is 36.0 Å². The maximum Gasteiger partial charge on any atom is 0.416 e. The van der Waals surface area contributed by atoms with Crippen LogP contribution in [0.4, 0.5) is 13.2 Å². The SMILES string of the molecule is O=C(O)CCCC=CC[C@H]1[C@@H](O)CO[C@@H]1C=C[C@@H](O)COc1cccc(C(F)(F)F)c1. The van der Waals surface area contributed by atoms with Crippen LogP contribution in [0.1, 0.15) is 31.2 Å². The Labute approximate surface area is 178 Å². The molecule has 172 valence electrons. The fourth-order valence-electron chi connectivity index (χ4n) is 3.14. The van der Waals surface area contributed by atoms with Gasteiger partial charge in [-0.25, -0.2) is 0 Å². The molecule has 0 spiro atoms. The summed E-state index contributed by atoms with van der Waals surface area (Å²) >= 11 is 0. The summed E-state index contributed by atoms with van der Waals surface area (Å²) in [6.45, 7) is -0.0788. The number of halogens is 3. The average Bonchev–Trinajstić information content (AvgIpc) is 3.06. The summed E-state index contributed by atoms with van der Waals surface area (Å²) in [5.74, 6) is -1.06. The number of ether oxygens (including phenoxy) is 2. The molecular weight excluding hydrogens is 417 g/mol. The molecule has 31 heavy (non-hydrogen) atoms. The van der Waals surface area contributed by atoms with Gasteiger partial charge in [0, 0.05) is 12.3 Å². The number of aliphatic hydroxyl groups excluding tert-OH is 2. The molecule has 0 saturated carbocycles. The van der Waals surface area contributed by atoms with E-state index in [-0.39, 0.29) is 31.3 Å². The van der Waals surface area contributed by atoms with Crippen molar-refractivity contribution >= 4 is 5.97 Å². The van der Waals surface area contributed by atoms with Crippen molar-refractivity contribution < 1.29 is 42.8 Å². The molecule has 6 nitrogen and oxygen atoms in total. The van der Waals surface area contributed by atoms with E-state index in [1.807, 2.05) is 12.2 Å². The lowest BCUT2D eigenvalue weighted by molar-refractivity contribution is -0.138. The summed E-state index contributed by atoms with van der Waals surface area (Å²) in [5, 5.41) is 28.8. The third-order valence-electron chi connectivity index (χ3n) is 4.82. The topological polar surface area (TPSA) is 96.2 Å². The highest BCUT2D eigenvalue weighted by molar-refractivity contribution is 5.66. The molecule has 0 amide bonds. The number of allylic oxidation sites excluding steroid dienone is 2. The maximum absolute atomic E-state index is 12.7. The Balaban J connectivity index is 1.81. The van der Waals surface area contributed by atoms with Gasteiger partial charge >= 0.3 is 12.1 Å². The average molecular weight is 444 g/mol. The first-order chi connectivity index (χ1) is 14.7. The number of aliphatic hydroxyl groups is 2. The van der Waals surface area contributed by atoms with E-state index in [9.17, 15) is 28.2 Å². The zero-order chi connectivity index (χ0) is 22.9. The number of hydrogen-bond donors (Lipinski definition) is 3. The van der Waals surface area contributed by atoms with Crippen LogP contribution in [0.5, 0.6) is 5.75 Å². The first-order valence-corrected chi connectivity index (χ1v) is 9.99. The fourth-order valence-corrected chi connectivity index (χ4v) is 3.14. The second-order valence-electron chi connectivity index (χ2n) is 7.31. The van der Waals surface area contributed by atoms with Crippen molar-refractivity contribution in [1.82, 2.24) is 0 Å². The van der Waals surface area contributed by atoms with Crippen LogP contribution >= 0.6 is 0 Å². The highest BCUT2D eigenvalue weighted by atomic mass is 19.4. The molecule has 1 fully saturated rings. The summed E-state index contributed by atoms with van der Waals surface area (Å²) < 4.78 is 49.0. The zero-order valence-electron chi connectivity index (χ0n) is 16.9. The van der Waals surface area contributed by atoms with Crippen LogP contribution in [0.3, 0.4) is 0 Å². The smallest absolute Gasteiger partial charge is 0.416 e. The molecule has 2 rings (SSSR count). The van der Waals surface area contributed by atoms with Gasteiger partial charge in [-0.05, 0) is 37.5 Å². The van der Waals surface area contributed by atoms with Crippen molar-refractivity contribution in [3.8, 4) is 5.75 Å². The highest BCUT2D eigenvalue weighted by Crippen LogP contribution is 2.31. The van der Waals surface area contributed by atoms with Crippen molar-refractivity contribution in [2.45, 2.75) is 50.2 Å². The molecule has 1 aromatic rings. The number of hydrogen-bond acceptors (Lipinski definition) is 5. The van der Waals surface area contributed by atoms with E-state index in [0.29, 0.717) is 19.3 Å². The molecule has 1 saturated heterocycles. The van der Waals surface area contributed by atoms with Gasteiger partial charge < -0.3 is 24.8 Å². The standard InChI is InChI=1S/C22H27F3O6/c23-22(24,25)15-6-5-7-17(12-15)30-13-16(26)10-11-20-18(19(27)14-31-20)8-3-1-2-4-9-21(28)29/h1,3,5-7,10-12,16,18-20,26-27H,2,4,8-9,13-14H2,(H,28,29)/t16-,18+,19+,20-/m1/s1. The van der Waals surface area contributed by atoms with E-state index in [1.54, 1.807) is 6.08 Å². The lowest BCUT2D eigenvalue weighted by atomic mass is 9.94. The third kappa shape index (κ3) is 8.72.